The fraction of sp³-hybridized carbons (Fsp3) is 0.318. The van der Waals surface area contributed by atoms with Crippen molar-refractivity contribution in [1.29, 1.82) is 0 Å². The standard InChI is InChI=1S/C22H24N2O3/c1-22(2,24-14-12-23-13-15-24)21(27)18-10-8-17(9-11-18)20(26)19(25)16-6-4-3-5-7-16/h3-11,23H,12-15H2,1-2H3. The Bertz CT molecular complexity index is 836. The lowest BCUT2D eigenvalue weighted by Gasteiger charge is -2.40. The third kappa shape index (κ3) is 4.04. The highest BCUT2D eigenvalue weighted by Crippen LogP contribution is 2.22. The lowest BCUT2D eigenvalue weighted by Crippen LogP contribution is -2.57. The second-order valence-electron chi connectivity index (χ2n) is 7.23. The summed E-state index contributed by atoms with van der Waals surface area (Å²) in [7, 11) is 0. The van der Waals surface area contributed by atoms with E-state index in [9.17, 15) is 14.4 Å². The molecule has 2 aromatic rings. The van der Waals surface area contributed by atoms with Gasteiger partial charge in [0.2, 0.25) is 11.6 Å². The molecule has 0 radical (unpaired) electrons. The van der Waals surface area contributed by atoms with Gasteiger partial charge in [0.1, 0.15) is 0 Å². The Morgan fingerprint density at radius 1 is 0.778 bits per heavy atom. The maximum absolute atomic E-state index is 13.0. The molecule has 0 atom stereocenters. The zero-order valence-electron chi connectivity index (χ0n) is 15.7. The Kier molecular flexibility index (Phi) is 5.63. The van der Waals surface area contributed by atoms with Crippen LogP contribution in [-0.2, 0) is 0 Å². The van der Waals surface area contributed by atoms with Crippen molar-refractivity contribution in [1.82, 2.24) is 10.2 Å². The van der Waals surface area contributed by atoms with E-state index in [1.54, 1.807) is 54.6 Å². The second kappa shape index (κ2) is 7.94. The summed E-state index contributed by atoms with van der Waals surface area (Å²) in [6.07, 6.45) is 0. The molecule has 0 bridgehead atoms. The Hall–Kier alpha value is -2.63. The first-order valence-corrected chi connectivity index (χ1v) is 9.16. The minimum atomic E-state index is -0.618. The van der Waals surface area contributed by atoms with Crippen LogP contribution in [0.4, 0.5) is 0 Å². The molecule has 27 heavy (non-hydrogen) atoms. The van der Waals surface area contributed by atoms with Gasteiger partial charge in [0, 0.05) is 42.9 Å². The minimum absolute atomic E-state index is 0.0118. The number of benzene rings is 2. The van der Waals surface area contributed by atoms with Crippen molar-refractivity contribution in [2.45, 2.75) is 19.4 Å². The Balaban J connectivity index is 1.75. The number of ketones is 3. The highest BCUT2D eigenvalue weighted by atomic mass is 16.2. The minimum Gasteiger partial charge on any atom is -0.314 e. The van der Waals surface area contributed by atoms with Crippen molar-refractivity contribution in [2.24, 2.45) is 0 Å². The summed E-state index contributed by atoms with van der Waals surface area (Å²) in [5, 5.41) is 3.29. The number of carbonyl (C=O) groups excluding carboxylic acids is 3. The van der Waals surface area contributed by atoms with Crippen molar-refractivity contribution in [3.8, 4) is 0 Å². The van der Waals surface area contributed by atoms with E-state index in [1.165, 1.54) is 0 Å². The van der Waals surface area contributed by atoms with E-state index in [4.69, 9.17) is 0 Å². The van der Waals surface area contributed by atoms with Crippen LogP contribution in [0.2, 0.25) is 0 Å². The van der Waals surface area contributed by atoms with Crippen LogP contribution in [0.5, 0.6) is 0 Å². The monoisotopic (exact) mass is 364 g/mol. The smallest absolute Gasteiger partial charge is 0.233 e. The van der Waals surface area contributed by atoms with E-state index in [0.29, 0.717) is 16.7 Å². The lowest BCUT2D eigenvalue weighted by molar-refractivity contribution is 0.0602. The number of hydrogen-bond donors (Lipinski definition) is 1. The maximum Gasteiger partial charge on any atom is 0.233 e. The van der Waals surface area contributed by atoms with Crippen LogP contribution in [0, 0.1) is 0 Å². The maximum atomic E-state index is 13.0. The molecular weight excluding hydrogens is 340 g/mol. The van der Waals surface area contributed by atoms with E-state index in [1.807, 2.05) is 13.8 Å². The fourth-order valence-corrected chi connectivity index (χ4v) is 3.35. The fourth-order valence-electron chi connectivity index (χ4n) is 3.35. The molecule has 1 fully saturated rings. The highest BCUT2D eigenvalue weighted by molar-refractivity contribution is 6.49. The Morgan fingerprint density at radius 2 is 1.26 bits per heavy atom. The molecule has 0 unspecified atom stereocenters. The zero-order valence-corrected chi connectivity index (χ0v) is 15.7. The molecule has 3 rings (SSSR count). The van der Waals surface area contributed by atoms with Gasteiger partial charge in [0.25, 0.3) is 0 Å². The van der Waals surface area contributed by atoms with Crippen LogP contribution < -0.4 is 5.32 Å². The molecule has 0 aromatic heterocycles. The summed E-state index contributed by atoms with van der Waals surface area (Å²) in [6, 6.07) is 14.9. The zero-order chi connectivity index (χ0) is 19.4. The van der Waals surface area contributed by atoms with Crippen molar-refractivity contribution < 1.29 is 14.4 Å². The van der Waals surface area contributed by atoms with E-state index >= 15 is 0 Å². The van der Waals surface area contributed by atoms with Crippen LogP contribution in [0.15, 0.2) is 54.6 Å². The van der Waals surface area contributed by atoms with Gasteiger partial charge < -0.3 is 5.32 Å². The molecular formula is C22H24N2O3. The lowest BCUT2D eigenvalue weighted by atomic mass is 9.89. The van der Waals surface area contributed by atoms with E-state index in [2.05, 4.69) is 10.2 Å². The molecule has 5 heteroatoms. The molecule has 1 heterocycles. The molecule has 1 saturated heterocycles. The summed E-state index contributed by atoms with van der Waals surface area (Å²) in [5.41, 5.74) is 0.582. The second-order valence-corrected chi connectivity index (χ2v) is 7.23. The number of nitrogens with zero attached hydrogens (tertiary/aromatic N) is 1. The van der Waals surface area contributed by atoms with Gasteiger partial charge in [-0.25, -0.2) is 0 Å². The summed E-state index contributed by atoms with van der Waals surface area (Å²) in [6.45, 7) is 7.23. The third-order valence-electron chi connectivity index (χ3n) is 5.11. The third-order valence-corrected chi connectivity index (χ3v) is 5.11. The van der Waals surface area contributed by atoms with Gasteiger partial charge in [-0.2, -0.15) is 0 Å². The van der Waals surface area contributed by atoms with E-state index in [-0.39, 0.29) is 5.78 Å². The molecule has 0 saturated carbocycles. The van der Waals surface area contributed by atoms with E-state index in [0.717, 1.165) is 26.2 Å². The molecule has 1 aliphatic heterocycles. The van der Waals surface area contributed by atoms with Gasteiger partial charge in [-0.3, -0.25) is 19.3 Å². The number of rotatable bonds is 6. The number of piperazine rings is 1. The van der Waals surface area contributed by atoms with Gasteiger partial charge in [-0.15, -0.1) is 0 Å². The molecule has 0 aliphatic carbocycles. The number of nitrogens with one attached hydrogen (secondary N) is 1. The van der Waals surface area contributed by atoms with Crippen molar-refractivity contribution in [3.63, 3.8) is 0 Å². The van der Waals surface area contributed by atoms with Crippen molar-refractivity contribution in [3.05, 3.63) is 71.3 Å². The summed E-state index contributed by atoms with van der Waals surface area (Å²) < 4.78 is 0. The first-order chi connectivity index (χ1) is 12.9. The van der Waals surface area contributed by atoms with Crippen LogP contribution >= 0.6 is 0 Å². The highest BCUT2D eigenvalue weighted by Gasteiger charge is 2.35. The number of hydrogen-bond acceptors (Lipinski definition) is 5. The molecule has 0 amide bonds. The predicted molar refractivity (Wildman–Crippen MR) is 104 cm³/mol. The number of Topliss-reactive ketones (excluding diaryl/α,β-unsaturated/α-hetero) is 3. The molecule has 0 spiro atoms. The van der Waals surface area contributed by atoms with Crippen LogP contribution in [0.3, 0.4) is 0 Å². The van der Waals surface area contributed by atoms with Gasteiger partial charge >= 0.3 is 0 Å². The molecule has 5 nitrogen and oxygen atoms in total. The Morgan fingerprint density at radius 3 is 1.81 bits per heavy atom. The average Bonchev–Trinajstić information content (AvgIpc) is 2.73. The topological polar surface area (TPSA) is 66.5 Å². The molecule has 2 aromatic carbocycles. The van der Waals surface area contributed by atoms with Crippen LogP contribution in [0.1, 0.15) is 44.9 Å². The van der Waals surface area contributed by atoms with E-state index < -0.39 is 17.1 Å². The molecule has 140 valence electrons. The molecule has 1 N–H and O–H groups in total. The first-order valence-electron chi connectivity index (χ1n) is 9.16. The van der Waals surface area contributed by atoms with Crippen LogP contribution in [-0.4, -0.2) is 54.0 Å². The average molecular weight is 364 g/mol. The predicted octanol–water partition coefficient (Wildman–Crippen LogP) is 2.62. The largest absolute Gasteiger partial charge is 0.314 e. The first kappa shape index (κ1) is 19.1. The van der Waals surface area contributed by atoms with Crippen molar-refractivity contribution in [2.75, 3.05) is 26.2 Å². The SMILES string of the molecule is CC(C)(C(=O)c1ccc(C(=O)C(=O)c2ccccc2)cc1)N1CCNCC1. The molecule has 1 aliphatic rings. The van der Waals surface area contributed by atoms with Gasteiger partial charge in [-0.1, -0.05) is 54.6 Å². The normalized spacial score (nSPS) is 15.3. The van der Waals surface area contributed by atoms with Gasteiger partial charge in [0.05, 0.1) is 5.54 Å². The summed E-state index contributed by atoms with van der Waals surface area (Å²) >= 11 is 0. The Labute approximate surface area is 159 Å². The summed E-state index contributed by atoms with van der Waals surface area (Å²) in [4.78, 5) is 39.9. The quantitative estimate of drug-likeness (QED) is 0.630. The number of carbonyl (C=O) groups is 3. The van der Waals surface area contributed by atoms with Crippen LogP contribution in [0.25, 0.3) is 0 Å². The summed E-state index contributed by atoms with van der Waals surface area (Å²) in [5.74, 6) is -1.10. The van der Waals surface area contributed by atoms with Crippen molar-refractivity contribution >= 4 is 17.3 Å². The van der Waals surface area contributed by atoms with Gasteiger partial charge in [-0.05, 0) is 13.8 Å². The van der Waals surface area contributed by atoms with Gasteiger partial charge in [0.15, 0.2) is 5.78 Å².